The molecule has 1 aliphatic carbocycles. The van der Waals surface area contributed by atoms with Gasteiger partial charge in [0.15, 0.2) is 0 Å². The van der Waals surface area contributed by atoms with Crippen molar-refractivity contribution in [2.45, 2.75) is 25.7 Å². The molecule has 3 heterocycles. The van der Waals surface area contributed by atoms with Crippen LogP contribution in [-0.4, -0.2) is 39.6 Å². The van der Waals surface area contributed by atoms with Crippen molar-refractivity contribution in [2.24, 2.45) is 22.0 Å². The molecule has 2 aliphatic heterocycles. The molecule has 0 N–H and O–H groups in total. The van der Waals surface area contributed by atoms with Crippen LogP contribution >= 0.6 is 0 Å². The van der Waals surface area contributed by atoms with Gasteiger partial charge in [-0.05, 0) is 49.7 Å². The molecule has 7 heteroatoms. The predicted octanol–water partition coefficient (Wildman–Crippen LogP) is 1.83. The van der Waals surface area contributed by atoms with E-state index in [-0.39, 0.29) is 17.1 Å². The fourth-order valence-corrected chi connectivity index (χ4v) is 3.23. The van der Waals surface area contributed by atoms with E-state index in [1.54, 1.807) is 12.4 Å². The monoisotopic (exact) mass is 351 g/mol. The molecule has 1 radical (unpaired) electrons. The standard InChI is InChI=1S/C14H19N5S.Cu/c20-14(18-16-8-13-2-1-7-15-17-13)19-9-11-3-4-12(10-19)6-5-11;/h1-2,7-8,11-12H,3-6,9-10H2,(H,18,20);/p-1/b16-8+;. The average molecular weight is 352 g/mol. The first-order chi connectivity index (χ1) is 9.81. The Balaban J connectivity index is 0.00000161. The Hall–Kier alpha value is -1.04. The Morgan fingerprint density at radius 3 is 2.48 bits per heavy atom. The maximum absolute atomic E-state index is 5.39. The molecule has 2 bridgehead atoms. The Labute approximate surface area is 141 Å². The van der Waals surface area contributed by atoms with E-state index in [0.29, 0.717) is 10.9 Å². The number of amidine groups is 1. The molecule has 3 aliphatic rings. The molecule has 5 nitrogen and oxygen atoms in total. The molecule has 3 fully saturated rings. The number of hydrogen-bond acceptors (Lipinski definition) is 5. The van der Waals surface area contributed by atoms with E-state index in [1.165, 1.54) is 25.7 Å². The van der Waals surface area contributed by atoms with Gasteiger partial charge in [-0.15, -0.1) is 5.10 Å². The largest absolute Gasteiger partial charge is 0.741 e. The summed E-state index contributed by atoms with van der Waals surface area (Å²) in [6.07, 6.45) is 8.58. The zero-order chi connectivity index (χ0) is 13.8. The zero-order valence-electron chi connectivity index (χ0n) is 11.7. The van der Waals surface area contributed by atoms with Crippen molar-refractivity contribution in [2.75, 3.05) is 13.1 Å². The summed E-state index contributed by atoms with van der Waals surface area (Å²) < 4.78 is 0. The first kappa shape index (κ1) is 16.3. The van der Waals surface area contributed by atoms with Crippen molar-refractivity contribution >= 4 is 24.0 Å². The van der Waals surface area contributed by atoms with Gasteiger partial charge in [-0.1, -0.05) is 0 Å². The van der Waals surface area contributed by atoms with Crippen molar-refractivity contribution < 1.29 is 17.1 Å². The minimum Gasteiger partial charge on any atom is -0.741 e. The summed E-state index contributed by atoms with van der Waals surface area (Å²) in [5.41, 5.74) is 0.690. The van der Waals surface area contributed by atoms with Crippen LogP contribution in [0.25, 0.3) is 0 Å². The Morgan fingerprint density at radius 1 is 1.24 bits per heavy atom. The van der Waals surface area contributed by atoms with E-state index in [4.69, 9.17) is 12.6 Å². The van der Waals surface area contributed by atoms with Gasteiger partial charge in [0, 0.05) is 41.5 Å². The molecule has 1 aromatic rings. The summed E-state index contributed by atoms with van der Waals surface area (Å²) in [6.45, 7) is 2.08. The van der Waals surface area contributed by atoms with E-state index in [1.807, 2.05) is 12.1 Å². The second-order valence-corrected chi connectivity index (χ2v) is 5.93. The SMILES string of the molecule is [Cu].[S-]/C(=N\N=C\c1cccnn1)N1CC2CCC(CC2)C1. The molecule has 0 aromatic carbocycles. The van der Waals surface area contributed by atoms with Gasteiger partial charge in [0.2, 0.25) is 0 Å². The maximum atomic E-state index is 5.39. The van der Waals surface area contributed by atoms with Crippen molar-refractivity contribution in [3.8, 4) is 0 Å². The number of hydrogen-bond donors (Lipinski definition) is 0. The number of aromatic nitrogens is 2. The van der Waals surface area contributed by atoms with Gasteiger partial charge in [0.1, 0.15) is 5.69 Å². The zero-order valence-corrected chi connectivity index (χ0v) is 13.4. The second-order valence-electron chi connectivity index (χ2n) is 5.57. The van der Waals surface area contributed by atoms with Gasteiger partial charge in [0.05, 0.1) is 6.21 Å². The van der Waals surface area contributed by atoms with Gasteiger partial charge in [-0.25, -0.2) is 0 Å². The molecule has 0 amide bonds. The van der Waals surface area contributed by atoms with Crippen LogP contribution in [0.1, 0.15) is 31.4 Å². The van der Waals surface area contributed by atoms with Gasteiger partial charge in [-0.3, -0.25) is 0 Å². The van der Waals surface area contributed by atoms with Crippen LogP contribution < -0.4 is 0 Å². The molecule has 1 aromatic heterocycles. The third kappa shape index (κ3) is 4.46. The van der Waals surface area contributed by atoms with Crippen LogP contribution in [0.3, 0.4) is 0 Å². The van der Waals surface area contributed by atoms with Crippen LogP contribution in [0.5, 0.6) is 0 Å². The topological polar surface area (TPSA) is 53.7 Å². The summed E-state index contributed by atoms with van der Waals surface area (Å²) in [5, 5.41) is 16.5. The summed E-state index contributed by atoms with van der Waals surface area (Å²) in [6, 6.07) is 3.65. The van der Waals surface area contributed by atoms with Crippen LogP contribution in [0, 0.1) is 11.8 Å². The number of rotatable bonds is 2. The molecule has 21 heavy (non-hydrogen) atoms. The minimum atomic E-state index is 0. The van der Waals surface area contributed by atoms with Crippen molar-refractivity contribution in [1.82, 2.24) is 15.1 Å². The first-order valence-electron chi connectivity index (χ1n) is 7.12. The van der Waals surface area contributed by atoms with Gasteiger partial charge in [-0.2, -0.15) is 15.3 Å². The van der Waals surface area contributed by atoms with Crippen LogP contribution in [0.15, 0.2) is 28.5 Å². The van der Waals surface area contributed by atoms with Crippen LogP contribution in [0.2, 0.25) is 0 Å². The fourth-order valence-electron chi connectivity index (χ4n) is 3.03. The first-order valence-corrected chi connectivity index (χ1v) is 7.53. The molecular weight excluding hydrogens is 334 g/mol. The van der Waals surface area contributed by atoms with E-state index < -0.39 is 0 Å². The van der Waals surface area contributed by atoms with Crippen LogP contribution in [0.4, 0.5) is 0 Å². The third-order valence-corrected chi connectivity index (χ3v) is 4.46. The molecular formula is C14H18CuN5S-. The predicted molar refractivity (Wildman–Crippen MR) is 81.4 cm³/mol. The average Bonchev–Trinajstić information content (AvgIpc) is 2.82. The van der Waals surface area contributed by atoms with E-state index in [2.05, 4.69) is 25.3 Å². The third-order valence-electron chi connectivity index (χ3n) is 4.12. The van der Waals surface area contributed by atoms with E-state index >= 15 is 0 Å². The van der Waals surface area contributed by atoms with Crippen molar-refractivity contribution in [3.63, 3.8) is 0 Å². The molecule has 0 atom stereocenters. The molecule has 1 saturated carbocycles. The molecule has 117 valence electrons. The van der Waals surface area contributed by atoms with Crippen molar-refractivity contribution in [3.05, 3.63) is 24.0 Å². The molecule has 2 saturated heterocycles. The summed E-state index contributed by atoms with van der Waals surface area (Å²) in [4.78, 5) is 2.22. The van der Waals surface area contributed by atoms with E-state index in [0.717, 1.165) is 24.9 Å². The summed E-state index contributed by atoms with van der Waals surface area (Å²) in [5.74, 6) is 1.57. The molecule has 0 unspecified atom stereocenters. The van der Waals surface area contributed by atoms with Gasteiger partial charge < -0.3 is 17.5 Å². The van der Waals surface area contributed by atoms with Crippen LogP contribution in [-0.2, 0) is 29.7 Å². The van der Waals surface area contributed by atoms with Gasteiger partial charge in [0.25, 0.3) is 0 Å². The number of nitrogens with zero attached hydrogens (tertiary/aromatic N) is 5. The molecule has 4 rings (SSSR count). The smallest absolute Gasteiger partial charge is 0.106 e. The fraction of sp³-hybridized carbons (Fsp3) is 0.571. The van der Waals surface area contributed by atoms with E-state index in [9.17, 15) is 0 Å². The van der Waals surface area contributed by atoms with Gasteiger partial charge >= 0.3 is 0 Å². The Kier molecular flexibility index (Phi) is 6.08. The summed E-state index contributed by atoms with van der Waals surface area (Å²) in [7, 11) is 0. The maximum Gasteiger partial charge on any atom is 0.106 e. The number of fused-ring (bicyclic) bond motifs is 4. The Morgan fingerprint density at radius 2 is 1.90 bits per heavy atom. The Bertz CT molecular complexity index is 485. The molecule has 0 spiro atoms. The quantitative estimate of drug-likeness (QED) is 0.268. The minimum absolute atomic E-state index is 0. The normalized spacial score (nSPS) is 25.7. The van der Waals surface area contributed by atoms with Crippen molar-refractivity contribution in [1.29, 1.82) is 0 Å². The summed E-state index contributed by atoms with van der Waals surface area (Å²) >= 11 is 5.39. The second kappa shape index (κ2) is 7.82.